The molecule has 0 fully saturated rings. The Hall–Kier alpha value is -3.19. The van der Waals surface area contributed by atoms with Crippen molar-refractivity contribution >= 4 is 35.2 Å². The van der Waals surface area contributed by atoms with E-state index in [9.17, 15) is 19.7 Å². The van der Waals surface area contributed by atoms with E-state index in [-0.39, 0.29) is 10.7 Å². The van der Waals surface area contributed by atoms with Crippen molar-refractivity contribution < 1.29 is 19.2 Å². The molecule has 0 heterocycles. The first-order valence-electron chi connectivity index (χ1n) is 7.05. The Labute approximate surface area is 147 Å². The van der Waals surface area contributed by atoms with Crippen molar-refractivity contribution in [2.75, 3.05) is 0 Å². The second-order valence-electron chi connectivity index (χ2n) is 4.93. The van der Waals surface area contributed by atoms with Crippen LogP contribution < -0.4 is 5.73 Å². The van der Waals surface area contributed by atoms with E-state index < -0.39 is 22.9 Å². The van der Waals surface area contributed by atoms with E-state index in [1.165, 1.54) is 24.3 Å². The molecule has 0 saturated heterocycles. The zero-order valence-corrected chi connectivity index (χ0v) is 13.6. The van der Waals surface area contributed by atoms with Gasteiger partial charge in [-0.1, -0.05) is 48.0 Å². The molecule has 2 rings (SSSR count). The monoisotopic (exact) mass is 360 g/mol. The number of rotatable bonds is 6. The molecule has 0 radical (unpaired) electrons. The van der Waals surface area contributed by atoms with Gasteiger partial charge in [-0.05, 0) is 17.7 Å². The van der Waals surface area contributed by atoms with Crippen LogP contribution in [0.5, 0.6) is 0 Å². The average Bonchev–Trinajstić information content (AvgIpc) is 2.59. The summed E-state index contributed by atoms with van der Waals surface area (Å²) < 4.78 is 5.06. The zero-order chi connectivity index (χ0) is 18.4. The van der Waals surface area contributed by atoms with Crippen LogP contribution in [0.1, 0.15) is 17.2 Å². The Kier molecular flexibility index (Phi) is 5.86. The number of ether oxygens (including phenoxy) is 1. The highest BCUT2D eigenvalue weighted by Crippen LogP contribution is 2.25. The van der Waals surface area contributed by atoms with E-state index in [1.807, 2.05) is 0 Å². The molecular weight excluding hydrogens is 348 g/mol. The number of carbonyl (C=O) groups is 2. The molecule has 2 aromatic rings. The number of hydrogen-bond acceptors (Lipinski definition) is 5. The Morgan fingerprint density at radius 3 is 2.48 bits per heavy atom. The van der Waals surface area contributed by atoms with Crippen molar-refractivity contribution in [2.24, 2.45) is 5.73 Å². The summed E-state index contributed by atoms with van der Waals surface area (Å²) in [5.41, 5.74) is 5.80. The van der Waals surface area contributed by atoms with E-state index in [0.29, 0.717) is 11.1 Å². The molecule has 0 aliphatic heterocycles. The largest absolute Gasteiger partial charge is 0.444 e. The van der Waals surface area contributed by atoms with Crippen LogP contribution in [0.3, 0.4) is 0 Å². The summed E-state index contributed by atoms with van der Waals surface area (Å²) in [6.07, 6.45) is 1.14. The molecule has 0 saturated carbocycles. The summed E-state index contributed by atoms with van der Waals surface area (Å²) in [5.74, 6) is -1.62. The minimum Gasteiger partial charge on any atom is -0.444 e. The summed E-state index contributed by atoms with van der Waals surface area (Å²) in [7, 11) is 0. The van der Waals surface area contributed by atoms with Crippen molar-refractivity contribution in [1.82, 2.24) is 0 Å². The molecule has 2 N–H and O–H groups in total. The molecule has 0 aromatic heterocycles. The smallest absolute Gasteiger partial charge is 0.331 e. The molecule has 0 aliphatic carbocycles. The molecule has 7 nitrogen and oxygen atoms in total. The number of nitrogens with two attached hydrogens (primary N) is 1. The lowest BCUT2D eigenvalue weighted by molar-refractivity contribution is -0.384. The highest BCUT2D eigenvalue weighted by molar-refractivity contribution is 6.32. The first-order valence-corrected chi connectivity index (χ1v) is 7.43. The van der Waals surface area contributed by atoms with Gasteiger partial charge in [0.1, 0.15) is 5.02 Å². The maximum atomic E-state index is 11.9. The highest BCUT2D eigenvalue weighted by Gasteiger charge is 2.21. The third-order valence-corrected chi connectivity index (χ3v) is 3.49. The maximum absolute atomic E-state index is 11.9. The molecular formula is C17H13ClN2O5. The van der Waals surface area contributed by atoms with Crippen molar-refractivity contribution in [1.29, 1.82) is 0 Å². The second-order valence-corrected chi connectivity index (χ2v) is 5.34. The number of halogens is 1. The van der Waals surface area contributed by atoms with Crippen LogP contribution in [0.25, 0.3) is 6.08 Å². The standard InChI is InChI=1S/C17H13ClN2O5/c18-13-8-6-11(10-14(13)20(23)24)7-9-15(21)25-16(17(19)22)12-4-2-1-3-5-12/h1-10,16H,(H2,19,22)/b9-7+. The second kappa shape index (κ2) is 8.07. The van der Waals surface area contributed by atoms with Crippen LogP contribution >= 0.6 is 11.6 Å². The van der Waals surface area contributed by atoms with Crippen molar-refractivity contribution in [3.8, 4) is 0 Å². The number of hydrogen-bond donors (Lipinski definition) is 1. The number of benzene rings is 2. The average molecular weight is 361 g/mol. The quantitative estimate of drug-likeness (QED) is 0.368. The van der Waals surface area contributed by atoms with E-state index >= 15 is 0 Å². The number of nitrogens with zero attached hydrogens (tertiary/aromatic N) is 1. The fourth-order valence-corrected chi connectivity index (χ4v) is 2.20. The number of nitro groups is 1. The topological polar surface area (TPSA) is 113 Å². The van der Waals surface area contributed by atoms with Crippen LogP contribution in [0.2, 0.25) is 5.02 Å². The van der Waals surface area contributed by atoms with Gasteiger partial charge in [-0.3, -0.25) is 14.9 Å². The molecule has 2 aromatic carbocycles. The van der Waals surface area contributed by atoms with Crippen molar-refractivity contribution in [3.63, 3.8) is 0 Å². The Balaban J connectivity index is 2.13. The van der Waals surface area contributed by atoms with E-state index in [2.05, 4.69) is 0 Å². The number of primary amides is 1. The Bertz CT molecular complexity index is 836. The van der Waals surface area contributed by atoms with Crippen LogP contribution in [0.4, 0.5) is 5.69 Å². The molecule has 0 spiro atoms. The maximum Gasteiger partial charge on any atom is 0.331 e. The lowest BCUT2D eigenvalue weighted by atomic mass is 10.1. The summed E-state index contributed by atoms with van der Waals surface area (Å²) in [4.78, 5) is 33.6. The van der Waals surface area contributed by atoms with Crippen LogP contribution in [-0.4, -0.2) is 16.8 Å². The number of esters is 1. The predicted molar refractivity (Wildman–Crippen MR) is 91.6 cm³/mol. The minimum absolute atomic E-state index is 0.0115. The van der Waals surface area contributed by atoms with Gasteiger partial charge in [-0.15, -0.1) is 0 Å². The fraction of sp³-hybridized carbons (Fsp3) is 0.0588. The summed E-state index contributed by atoms with van der Waals surface area (Å²) in [6.45, 7) is 0. The molecule has 8 heteroatoms. The van der Waals surface area contributed by atoms with Gasteiger partial charge in [0.2, 0.25) is 6.10 Å². The third kappa shape index (κ3) is 4.89. The molecule has 1 unspecified atom stereocenters. The molecule has 0 aliphatic rings. The first-order chi connectivity index (χ1) is 11.9. The van der Waals surface area contributed by atoms with Gasteiger partial charge in [0.05, 0.1) is 4.92 Å². The molecule has 0 bridgehead atoms. The molecule has 128 valence electrons. The van der Waals surface area contributed by atoms with E-state index in [1.54, 1.807) is 30.3 Å². The van der Waals surface area contributed by atoms with Crippen molar-refractivity contribution in [2.45, 2.75) is 6.10 Å². The van der Waals surface area contributed by atoms with Gasteiger partial charge in [0.15, 0.2) is 0 Å². The number of carbonyl (C=O) groups excluding carboxylic acids is 2. The normalized spacial score (nSPS) is 11.9. The van der Waals surface area contributed by atoms with E-state index in [0.717, 1.165) is 6.08 Å². The fourth-order valence-electron chi connectivity index (χ4n) is 2.01. The number of nitro benzene ring substituents is 1. The SMILES string of the molecule is NC(=O)C(OC(=O)/C=C/c1ccc(Cl)c([N+](=O)[O-])c1)c1ccccc1. The molecule has 25 heavy (non-hydrogen) atoms. The number of amides is 1. The van der Waals surface area contributed by atoms with Gasteiger partial charge in [0.25, 0.3) is 11.6 Å². The van der Waals surface area contributed by atoms with E-state index in [4.69, 9.17) is 22.1 Å². The van der Waals surface area contributed by atoms with Gasteiger partial charge in [-0.2, -0.15) is 0 Å². The van der Waals surface area contributed by atoms with Gasteiger partial charge in [-0.25, -0.2) is 4.79 Å². The van der Waals surface area contributed by atoms with Crippen LogP contribution in [0, 0.1) is 10.1 Å². The molecule has 1 amide bonds. The zero-order valence-electron chi connectivity index (χ0n) is 12.8. The predicted octanol–water partition coefficient (Wildman–Crippen LogP) is 3.03. The summed E-state index contributed by atoms with van der Waals surface area (Å²) in [5, 5.41) is 10.8. The lowest BCUT2D eigenvalue weighted by Crippen LogP contribution is -2.25. The lowest BCUT2D eigenvalue weighted by Gasteiger charge is -2.13. The van der Waals surface area contributed by atoms with Gasteiger partial charge >= 0.3 is 5.97 Å². The van der Waals surface area contributed by atoms with Gasteiger partial charge in [0, 0.05) is 17.7 Å². The Morgan fingerprint density at radius 1 is 1.20 bits per heavy atom. The Morgan fingerprint density at radius 2 is 1.88 bits per heavy atom. The third-order valence-electron chi connectivity index (χ3n) is 3.17. The van der Waals surface area contributed by atoms with Crippen LogP contribution in [0.15, 0.2) is 54.6 Å². The molecule has 1 atom stereocenters. The van der Waals surface area contributed by atoms with Crippen molar-refractivity contribution in [3.05, 3.63) is 80.9 Å². The minimum atomic E-state index is -1.22. The van der Waals surface area contributed by atoms with Crippen LogP contribution in [-0.2, 0) is 14.3 Å². The highest BCUT2D eigenvalue weighted by atomic mass is 35.5. The first kappa shape index (κ1) is 18.2. The van der Waals surface area contributed by atoms with Gasteiger partial charge < -0.3 is 10.5 Å². The summed E-state index contributed by atoms with van der Waals surface area (Å²) in [6, 6.07) is 12.4. The summed E-state index contributed by atoms with van der Waals surface area (Å²) >= 11 is 5.72.